The Kier molecular flexibility index (Phi) is 4.26. The normalized spacial score (nSPS) is 16.7. The van der Waals surface area contributed by atoms with Gasteiger partial charge < -0.3 is 16.0 Å². The first-order valence-corrected chi connectivity index (χ1v) is 8.40. The van der Waals surface area contributed by atoms with E-state index in [0.29, 0.717) is 22.2 Å². The van der Waals surface area contributed by atoms with E-state index in [1.807, 2.05) is 0 Å². The summed E-state index contributed by atoms with van der Waals surface area (Å²) in [5, 5.41) is 14.8. The van der Waals surface area contributed by atoms with Gasteiger partial charge in [0.15, 0.2) is 0 Å². The Morgan fingerprint density at radius 1 is 1.18 bits per heavy atom. The maximum Gasteiger partial charge on any atom is 0.319 e. The average molecular weight is 383 g/mol. The lowest BCUT2D eigenvalue weighted by Crippen LogP contribution is -2.46. The van der Waals surface area contributed by atoms with Crippen LogP contribution in [0.3, 0.4) is 0 Å². The molecule has 0 fully saturated rings. The summed E-state index contributed by atoms with van der Waals surface area (Å²) in [5.41, 5.74) is 1.51. The fraction of sp³-hybridized carbons (Fsp3) is 0.105. The van der Waals surface area contributed by atoms with Gasteiger partial charge in [0.1, 0.15) is 11.6 Å². The second-order valence-corrected chi connectivity index (χ2v) is 6.37. The average Bonchev–Trinajstić information content (AvgIpc) is 3.09. The Morgan fingerprint density at radius 2 is 1.93 bits per heavy atom. The molecular formula is C19H15F2N5O2. The van der Waals surface area contributed by atoms with Gasteiger partial charge in [-0.2, -0.15) is 5.10 Å². The molecule has 2 heterocycles. The van der Waals surface area contributed by atoms with Crippen molar-refractivity contribution < 1.29 is 18.4 Å². The van der Waals surface area contributed by atoms with E-state index in [9.17, 15) is 18.4 Å². The number of aromatic amines is 1. The lowest BCUT2D eigenvalue weighted by Gasteiger charge is -2.28. The van der Waals surface area contributed by atoms with Gasteiger partial charge in [0.2, 0.25) is 0 Å². The molecule has 4 N–H and O–H groups in total. The van der Waals surface area contributed by atoms with Gasteiger partial charge in [-0.25, -0.2) is 13.6 Å². The van der Waals surface area contributed by atoms with Crippen LogP contribution in [0.4, 0.5) is 19.3 Å². The topological polar surface area (TPSA) is 98.9 Å². The van der Waals surface area contributed by atoms with Crippen molar-refractivity contribution in [2.45, 2.75) is 13.0 Å². The molecule has 7 nitrogen and oxygen atoms in total. The number of halogens is 2. The Bertz CT molecular complexity index is 1120. The van der Waals surface area contributed by atoms with Crippen molar-refractivity contribution in [2.24, 2.45) is 0 Å². The fourth-order valence-electron chi connectivity index (χ4n) is 3.15. The lowest BCUT2D eigenvalue weighted by molar-refractivity contribution is -0.113. The molecule has 0 radical (unpaired) electrons. The van der Waals surface area contributed by atoms with Crippen molar-refractivity contribution in [3.63, 3.8) is 0 Å². The third-order valence-electron chi connectivity index (χ3n) is 4.49. The first kappa shape index (κ1) is 17.7. The molecule has 0 saturated carbocycles. The monoisotopic (exact) mass is 383 g/mol. The standard InChI is InChI=1S/C19H15F2N5O2/c1-9-16(17(25-19(28)23-9)10-2-4-12(20)5-3-10)18(27)24-15-6-11-8-22-26-14(11)7-13(15)21/h2-8,17H,1H3,(H,22,26)(H,24,27)(H2,23,25,28). The minimum Gasteiger partial charge on any atom is -0.327 e. The minimum absolute atomic E-state index is 0.0195. The van der Waals surface area contributed by atoms with Gasteiger partial charge in [0.25, 0.3) is 5.91 Å². The van der Waals surface area contributed by atoms with Crippen LogP contribution in [-0.4, -0.2) is 22.1 Å². The van der Waals surface area contributed by atoms with Crippen LogP contribution in [0.25, 0.3) is 10.9 Å². The van der Waals surface area contributed by atoms with Crippen molar-refractivity contribution in [3.05, 3.63) is 71.1 Å². The molecule has 0 spiro atoms. The smallest absolute Gasteiger partial charge is 0.319 e. The number of H-pyrrole nitrogens is 1. The van der Waals surface area contributed by atoms with Gasteiger partial charge in [-0.1, -0.05) is 12.1 Å². The van der Waals surface area contributed by atoms with E-state index in [1.165, 1.54) is 42.6 Å². The highest BCUT2D eigenvalue weighted by Crippen LogP contribution is 2.29. The molecule has 4 rings (SSSR count). The Balaban J connectivity index is 1.69. The highest BCUT2D eigenvalue weighted by molar-refractivity contribution is 6.07. The number of hydrogen-bond donors (Lipinski definition) is 4. The molecule has 0 bridgehead atoms. The van der Waals surface area contributed by atoms with Gasteiger partial charge in [0, 0.05) is 17.1 Å². The highest BCUT2D eigenvalue weighted by Gasteiger charge is 2.31. The molecule has 1 atom stereocenters. The third kappa shape index (κ3) is 3.18. The molecule has 0 aliphatic carbocycles. The van der Waals surface area contributed by atoms with E-state index < -0.39 is 29.6 Å². The molecule has 1 aromatic heterocycles. The second-order valence-electron chi connectivity index (χ2n) is 6.37. The quantitative estimate of drug-likeness (QED) is 0.559. The van der Waals surface area contributed by atoms with E-state index in [2.05, 4.69) is 26.1 Å². The minimum atomic E-state index is -0.810. The predicted molar refractivity (Wildman–Crippen MR) is 98.2 cm³/mol. The van der Waals surface area contributed by atoms with Crippen LogP contribution in [0.15, 0.2) is 53.9 Å². The summed E-state index contributed by atoms with van der Waals surface area (Å²) in [6.45, 7) is 1.57. The predicted octanol–water partition coefficient (Wildman–Crippen LogP) is 3.11. The molecule has 9 heteroatoms. The Labute approximate surface area is 157 Å². The van der Waals surface area contributed by atoms with Crippen molar-refractivity contribution in [2.75, 3.05) is 5.32 Å². The zero-order valence-electron chi connectivity index (χ0n) is 14.6. The molecule has 142 valence electrons. The van der Waals surface area contributed by atoms with Crippen LogP contribution >= 0.6 is 0 Å². The number of rotatable bonds is 3. The van der Waals surface area contributed by atoms with Gasteiger partial charge in [-0.05, 0) is 30.7 Å². The molecular weight excluding hydrogens is 368 g/mol. The zero-order chi connectivity index (χ0) is 19.8. The number of fused-ring (bicyclic) bond motifs is 1. The molecule has 3 aromatic rings. The second kappa shape index (κ2) is 6.76. The fourth-order valence-corrected chi connectivity index (χ4v) is 3.15. The summed E-state index contributed by atoms with van der Waals surface area (Å²) in [6, 6.07) is 6.82. The Hall–Kier alpha value is -3.75. The molecule has 3 amide bonds. The summed E-state index contributed by atoms with van der Waals surface area (Å²) in [5.74, 6) is -1.67. The molecule has 28 heavy (non-hydrogen) atoms. The zero-order valence-corrected chi connectivity index (χ0v) is 14.6. The number of benzene rings is 2. The number of urea groups is 1. The largest absolute Gasteiger partial charge is 0.327 e. The van der Waals surface area contributed by atoms with Crippen molar-refractivity contribution in [1.82, 2.24) is 20.8 Å². The number of carbonyl (C=O) groups excluding carboxylic acids is 2. The number of amides is 3. The number of anilines is 1. The van der Waals surface area contributed by atoms with Crippen LogP contribution in [0.2, 0.25) is 0 Å². The SMILES string of the molecule is CC1=C(C(=O)Nc2cc3cn[nH]c3cc2F)C(c2ccc(F)cc2)NC(=O)N1. The summed E-state index contributed by atoms with van der Waals surface area (Å²) in [7, 11) is 0. The van der Waals surface area contributed by atoms with Gasteiger partial charge in [-0.3, -0.25) is 9.89 Å². The van der Waals surface area contributed by atoms with E-state index >= 15 is 0 Å². The van der Waals surface area contributed by atoms with E-state index in [1.54, 1.807) is 6.92 Å². The number of nitrogens with one attached hydrogen (secondary N) is 4. The molecule has 2 aromatic carbocycles. The maximum absolute atomic E-state index is 14.3. The van der Waals surface area contributed by atoms with E-state index in [0.717, 1.165) is 0 Å². The van der Waals surface area contributed by atoms with Gasteiger partial charge in [0.05, 0.1) is 29.0 Å². The number of nitrogens with zero attached hydrogens (tertiary/aromatic N) is 1. The van der Waals surface area contributed by atoms with E-state index in [-0.39, 0.29) is 11.3 Å². The number of aromatic nitrogens is 2. The maximum atomic E-state index is 14.3. The van der Waals surface area contributed by atoms with Crippen molar-refractivity contribution in [3.8, 4) is 0 Å². The van der Waals surface area contributed by atoms with Gasteiger partial charge in [-0.15, -0.1) is 0 Å². The summed E-state index contributed by atoms with van der Waals surface area (Å²) >= 11 is 0. The van der Waals surface area contributed by atoms with Crippen molar-refractivity contribution >= 4 is 28.5 Å². The Morgan fingerprint density at radius 3 is 2.68 bits per heavy atom. The number of allylic oxidation sites excluding steroid dienone is 1. The first-order chi connectivity index (χ1) is 13.4. The highest BCUT2D eigenvalue weighted by atomic mass is 19.1. The van der Waals surface area contributed by atoms with Gasteiger partial charge >= 0.3 is 6.03 Å². The van der Waals surface area contributed by atoms with Crippen LogP contribution < -0.4 is 16.0 Å². The third-order valence-corrected chi connectivity index (χ3v) is 4.49. The molecule has 0 saturated heterocycles. The summed E-state index contributed by atoms with van der Waals surface area (Å²) in [4.78, 5) is 24.8. The van der Waals surface area contributed by atoms with Crippen LogP contribution in [0.1, 0.15) is 18.5 Å². The van der Waals surface area contributed by atoms with Crippen LogP contribution in [0, 0.1) is 11.6 Å². The number of carbonyl (C=O) groups is 2. The number of hydrogen-bond acceptors (Lipinski definition) is 3. The molecule has 1 aliphatic heterocycles. The molecule has 1 aliphatic rings. The molecule has 1 unspecified atom stereocenters. The van der Waals surface area contributed by atoms with Crippen molar-refractivity contribution in [1.29, 1.82) is 0 Å². The lowest BCUT2D eigenvalue weighted by atomic mass is 9.95. The summed E-state index contributed by atoms with van der Waals surface area (Å²) in [6.07, 6.45) is 1.51. The van der Waals surface area contributed by atoms with Crippen LogP contribution in [0.5, 0.6) is 0 Å². The first-order valence-electron chi connectivity index (χ1n) is 8.40. The summed E-state index contributed by atoms with van der Waals surface area (Å²) < 4.78 is 27.6. The van der Waals surface area contributed by atoms with E-state index in [4.69, 9.17) is 0 Å². The van der Waals surface area contributed by atoms with Crippen LogP contribution in [-0.2, 0) is 4.79 Å².